The number of carbonyl (C=O) groups excluding carboxylic acids is 2. The van der Waals surface area contributed by atoms with Crippen molar-refractivity contribution in [1.29, 1.82) is 0 Å². The molecule has 12 heteroatoms. The van der Waals surface area contributed by atoms with Gasteiger partial charge in [0.25, 0.3) is 5.91 Å². The second-order valence-electron chi connectivity index (χ2n) is 16.7. The molecule has 2 aromatic rings. The van der Waals surface area contributed by atoms with Crippen LogP contribution in [-0.4, -0.2) is 103 Å². The highest BCUT2D eigenvalue weighted by molar-refractivity contribution is 6.74. The normalized spacial score (nSPS) is 19.3. The molecule has 284 valence electrons. The van der Waals surface area contributed by atoms with Crippen LogP contribution in [-0.2, 0) is 20.5 Å². The first-order valence-electron chi connectivity index (χ1n) is 18.3. The molecule has 2 atom stereocenters. The molecule has 2 unspecified atom stereocenters. The Morgan fingerprint density at radius 1 is 0.962 bits per heavy atom. The molecule has 1 saturated heterocycles. The van der Waals surface area contributed by atoms with Crippen LogP contribution in [0.4, 0.5) is 9.59 Å². The second-order valence-corrected chi connectivity index (χ2v) is 21.5. The first kappa shape index (κ1) is 39.2. The van der Waals surface area contributed by atoms with Crippen molar-refractivity contribution >= 4 is 32.0 Å². The molecule has 2 aromatic carbocycles. The summed E-state index contributed by atoms with van der Waals surface area (Å²) < 4.78 is 23.6. The molecule has 2 fully saturated rings. The van der Waals surface area contributed by atoms with Gasteiger partial charge in [-0.3, -0.25) is 9.69 Å². The third-order valence-electron chi connectivity index (χ3n) is 10.8. The van der Waals surface area contributed by atoms with Gasteiger partial charge in [0.15, 0.2) is 8.32 Å². The highest BCUT2D eigenvalue weighted by atomic mass is 28.4. The van der Waals surface area contributed by atoms with Crippen molar-refractivity contribution in [2.75, 3.05) is 33.4 Å². The summed E-state index contributed by atoms with van der Waals surface area (Å²) in [5.41, 5.74) is 3.20. The van der Waals surface area contributed by atoms with Crippen LogP contribution in [0.2, 0.25) is 18.1 Å². The minimum atomic E-state index is -1.89. The molecule has 11 nitrogen and oxygen atoms in total. The number of amides is 3. The van der Waals surface area contributed by atoms with E-state index >= 15 is 4.79 Å². The monoisotopic (exact) mass is 735 g/mol. The molecule has 2 aliphatic heterocycles. The molecular weight excluding hydrogens is 679 g/mol. The predicted molar refractivity (Wildman–Crippen MR) is 203 cm³/mol. The lowest BCUT2D eigenvalue weighted by Gasteiger charge is -2.50. The van der Waals surface area contributed by atoms with E-state index in [1.54, 1.807) is 32.8 Å². The maximum absolute atomic E-state index is 15.0. The Balaban J connectivity index is 1.50. The summed E-state index contributed by atoms with van der Waals surface area (Å²) >= 11 is 0. The van der Waals surface area contributed by atoms with Crippen molar-refractivity contribution in [1.82, 2.24) is 14.7 Å². The Hall–Kier alpha value is -4.03. The van der Waals surface area contributed by atoms with Gasteiger partial charge in [0, 0.05) is 31.2 Å². The van der Waals surface area contributed by atoms with Crippen LogP contribution in [0.15, 0.2) is 48.0 Å². The maximum Gasteiger partial charge on any atom is 0.410 e. The average Bonchev–Trinajstić information content (AvgIpc) is 3.90. The summed E-state index contributed by atoms with van der Waals surface area (Å²) in [4.78, 5) is 46.1. The van der Waals surface area contributed by atoms with Gasteiger partial charge in [0.2, 0.25) is 0 Å². The summed E-state index contributed by atoms with van der Waals surface area (Å²) in [5.74, 6) is 1.21. The van der Waals surface area contributed by atoms with E-state index in [-0.39, 0.29) is 36.5 Å². The Morgan fingerprint density at radius 3 is 2.21 bits per heavy atom. The molecule has 1 saturated carbocycles. The molecule has 2 heterocycles. The largest absolute Gasteiger partial charge is 0.496 e. The van der Waals surface area contributed by atoms with E-state index in [2.05, 4.69) is 33.9 Å². The topological polar surface area (TPSA) is 118 Å². The highest BCUT2D eigenvalue weighted by Gasteiger charge is 2.50. The number of fused-ring (bicyclic) bond motifs is 2. The van der Waals surface area contributed by atoms with E-state index in [1.165, 1.54) is 4.90 Å². The summed E-state index contributed by atoms with van der Waals surface area (Å²) in [5, 5.41) is 10.6. The molecule has 1 aliphatic carbocycles. The number of hydrogen-bond donors (Lipinski definition) is 1. The van der Waals surface area contributed by atoms with Crippen LogP contribution in [0.25, 0.3) is 5.57 Å². The van der Waals surface area contributed by atoms with Crippen molar-refractivity contribution in [2.45, 2.75) is 116 Å². The predicted octanol–water partition coefficient (Wildman–Crippen LogP) is 7.72. The minimum absolute atomic E-state index is 0.00834. The Bertz CT molecular complexity index is 1670. The fourth-order valence-electron chi connectivity index (χ4n) is 6.79. The van der Waals surface area contributed by atoms with E-state index < -0.39 is 38.2 Å². The van der Waals surface area contributed by atoms with Gasteiger partial charge in [-0.2, -0.15) is 0 Å². The third-order valence-corrected chi connectivity index (χ3v) is 15.3. The first-order chi connectivity index (χ1) is 24.3. The lowest BCUT2D eigenvalue weighted by molar-refractivity contribution is -0.129. The number of carbonyl (C=O) groups is 3. The maximum atomic E-state index is 15.0. The molecule has 3 amide bonds. The summed E-state index contributed by atoms with van der Waals surface area (Å²) in [6.45, 7) is 19.9. The van der Waals surface area contributed by atoms with Crippen molar-refractivity contribution in [2.24, 2.45) is 0 Å². The summed E-state index contributed by atoms with van der Waals surface area (Å²) in [6.07, 6.45) is 0.354. The van der Waals surface area contributed by atoms with Crippen molar-refractivity contribution in [3.63, 3.8) is 0 Å². The number of piperazine rings is 1. The first-order valence-corrected chi connectivity index (χ1v) is 21.2. The molecule has 0 aromatic heterocycles. The average molecular weight is 736 g/mol. The molecule has 2 bridgehead atoms. The van der Waals surface area contributed by atoms with Crippen molar-refractivity contribution < 1.29 is 38.1 Å². The number of ether oxygens (including phenoxy) is 3. The third kappa shape index (κ3) is 8.77. The van der Waals surface area contributed by atoms with E-state index in [0.717, 1.165) is 40.9 Å². The minimum Gasteiger partial charge on any atom is -0.496 e. The van der Waals surface area contributed by atoms with Crippen LogP contribution in [0, 0.1) is 6.92 Å². The van der Waals surface area contributed by atoms with Gasteiger partial charge in [-0.25, -0.2) is 9.59 Å². The SMILES string of the molecule is COc1cccc(CN(C(=O)C2=C(c3ccc(OCCO[Si](C)(C)C(C)(C)C)cc3)CC3CN(C(=O)OC(C)(C)C)CC2N3C(=O)O)C2CC2)c1C. The van der Waals surface area contributed by atoms with Crippen LogP contribution in [0.1, 0.15) is 77.5 Å². The van der Waals surface area contributed by atoms with E-state index in [4.69, 9.17) is 18.6 Å². The molecular formula is C40H57N3O8Si. The van der Waals surface area contributed by atoms with Crippen LogP contribution < -0.4 is 9.47 Å². The molecule has 52 heavy (non-hydrogen) atoms. The van der Waals surface area contributed by atoms with Gasteiger partial charge >= 0.3 is 12.2 Å². The van der Waals surface area contributed by atoms with Gasteiger partial charge in [-0.1, -0.05) is 45.0 Å². The number of rotatable bonds is 11. The van der Waals surface area contributed by atoms with Gasteiger partial charge in [-0.15, -0.1) is 0 Å². The number of hydrogen-bond acceptors (Lipinski definition) is 7. The standard InChI is InChI=1S/C40H57N3O8Si/c1-26-28(12-11-13-34(26)48-8)23-42(29-16-17-29)36(44)35-32(27-14-18-31(19-15-27)49-20-21-50-52(9,10)40(5,6)7)22-30-24-41(38(47)51-39(2,3)4)25-33(35)43(30)37(45)46/h11-15,18-19,29-30,33H,16-17,20-25H2,1-10H3,(H,45,46). The molecule has 0 radical (unpaired) electrons. The molecule has 3 aliphatic rings. The Labute approximate surface area is 310 Å². The summed E-state index contributed by atoms with van der Waals surface area (Å²) in [6, 6.07) is 12.1. The second kappa shape index (κ2) is 15.1. The van der Waals surface area contributed by atoms with Gasteiger partial charge in [0.1, 0.15) is 23.7 Å². The summed E-state index contributed by atoms with van der Waals surface area (Å²) in [7, 11) is -0.265. The zero-order valence-electron chi connectivity index (χ0n) is 32.6. The van der Waals surface area contributed by atoms with Crippen LogP contribution in [0.3, 0.4) is 0 Å². The number of carboxylic acid groups (broad SMARTS) is 1. The van der Waals surface area contributed by atoms with Gasteiger partial charge in [0.05, 0.1) is 25.8 Å². The van der Waals surface area contributed by atoms with Gasteiger partial charge < -0.3 is 33.5 Å². The van der Waals surface area contributed by atoms with Gasteiger partial charge in [-0.05, 0) is 106 Å². The van der Waals surface area contributed by atoms with Crippen molar-refractivity contribution in [3.05, 3.63) is 64.7 Å². The number of benzene rings is 2. The quantitative estimate of drug-likeness (QED) is 0.184. The van der Waals surface area contributed by atoms with Crippen LogP contribution in [0.5, 0.6) is 11.5 Å². The van der Waals surface area contributed by atoms with E-state index in [9.17, 15) is 14.7 Å². The zero-order chi connectivity index (χ0) is 38.2. The molecule has 0 spiro atoms. The fraction of sp³-hybridized carbons (Fsp3) is 0.575. The Morgan fingerprint density at radius 2 is 1.63 bits per heavy atom. The lowest BCUT2D eigenvalue weighted by Crippen LogP contribution is -2.65. The number of methoxy groups -OCH3 is 1. The van der Waals surface area contributed by atoms with Crippen LogP contribution >= 0.6 is 0 Å². The smallest absolute Gasteiger partial charge is 0.410 e. The fourth-order valence-corrected chi connectivity index (χ4v) is 7.81. The lowest BCUT2D eigenvalue weighted by atomic mass is 9.81. The molecule has 1 N–H and O–H groups in total. The highest BCUT2D eigenvalue weighted by Crippen LogP contribution is 2.42. The van der Waals surface area contributed by atoms with Crippen molar-refractivity contribution in [3.8, 4) is 11.5 Å². The zero-order valence-corrected chi connectivity index (χ0v) is 33.6. The van der Waals surface area contributed by atoms with E-state index in [1.807, 2.05) is 54.3 Å². The Kier molecular flexibility index (Phi) is 11.4. The van der Waals surface area contributed by atoms with E-state index in [0.29, 0.717) is 31.1 Å². The number of nitrogens with zero attached hydrogens (tertiary/aromatic N) is 3. The molecule has 5 rings (SSSR count).